The van der Waals surface area contributed by atoms with Crippen molar-refractivity contribution in [3.63, 3.8) is 0 Å². The third-order valence-electron chi connectivity index (χ3n) is 10.7. The highest BCUT2D eigenvalue weighted by atomic mass is 16.3. The van der Waals surface area contributed by atoms with Crippen LogP contribution in [0.25, 0.3) is 106 Å². The van der Waals surface area contributed by atoms with E-state index in [0.717, 1.165) is 77.2 Å². The topological polar surface area (TPSA) is 56.7 Å². The number of nitrogens with zero attached hydrogens (tertiary/aromatic N) is 4. The van der Waals surface area contributed by atoms with Crippen molar-refractivity contribution in [3.8, 4) is 62.1 Å². The number of hydrogen-bond acceptors (Lipinski definition) is 4. The van der Waals surface area contributed by atoms with E-state index in [2.05, 4.69) is 132 Å². The first-order valence-electron chi connectivity index (χ1n) is 18.8. The zero-order chi connectivity index (χ0) is 37.0. The molecule has 0 aliphatic heterocycles. The minimum absolute atomic E-state index is 0.616. The maximum Gasteiger partial charge on any atom is 0.166 e. The summed E-state index contributed by atoms with van der Waals surface area (Å²) >= 11 is 0. The molecule has 5 heteroatoms. The van der Waals surface area contributed by atoms with Gasteiger partial charge in [0.25, 0.3) is 0 Å². The van der Waals surface area contributed by atoms with Gasteiger partial charge in [-0.05, 0) is 47.0 Å². The van der Waals surface area contributed by atoms with E-state index in [4.69, 9.17) is 19.4 Å². The monoisotopic (exact) mass is 716 g/mol. The lowest BCUT2D eigenvalue weighted by Crippen LogP contribution is -2.02. The zero-order valence-corrected chi connectivity index (χ0v) is 30.2. The second kappa shape index (κ2) is 13.0. The number of rotatable bonds is 6. The predicted octanol–water partition coefficient (Wildman–Crippen LogP) is 13.2. The summed E-state index contributed by atoms with van der Waals surface area (Å²) in [5, 5.41) is 4.41. The Kier molecular flexibility index (Phi) is 7.42. The molecule has 5 nitrogen and oxygen atoms in total. The quantitative estimate of drug-likeness (QED) is 0.172. The Balaban J connectivity index is 1.11. The predicted molar refractivity (Wildman–Crippen MR) is 229 cm³/mol. The Morgan fingerprint density at radius 1 is 0.357 bits per heavy atom. The van der Waals surface area contributed by atoms with Crippen molar-refractivity contribution in [1.82, 2.24) is 19.5 Å². The first kappa shape index (κ1) is 31.9. The molecule has 0 bridgehead atoms. The first-order chi connectivity index (χ1) is 27.8. The van der Waals surface area contributed by atoms with Crippen LogP contribution in [0, 0.1) is 0 Å². The van der Waals surface area contributed by atoms with Crippen molar-refractivity contribution >= 4 is 43.7 Å². The largest absolute Gasteiger partial charge is 0.455 e. The first-order valence-corrected chi connectivity index (χ1v) is 18.8. The van der Waals surface area contributed by atoms with Gasteiger partial charge in [-0.3, -0.25) is 0 Å². The van der Waals surface area contributed by atoms with Gasteiger partial charge >= 0.3 is 0 Å². The van der Waals surface area contributed by atoms with Gasteiger partial charge < -0.3 is 8.98 Å². The van der Waals surface area contributed by atoms with Gasteiger partial charge in [0.05, 0.1) is 11.0 Å². The molecular weight excluding hydrogens is 685 g/mol. The standard InChI is InChI=1S/C51H32N4O/c1-4-14-33(15-5-1)34-26-28-35(29-27-34)39-21-12-23-42-44-32-38(30-31-46(44)56-48(39)42)55-45-25-11-10-20-40(45)41-22-13-24-43(47(41)55)51-53-49(36-16-6-2-7-17-36)52-50(54-51)37-18-8-3-9-19-37/h1-32H. The van der Waals surface area contributed by atoms with Crippen LogP contribution in [-0.2, 0) is 0 Å². The van der Waals surface area contributed by atoms with E-state index in [1.165, 1.54) is 11.1 Å². The summed E-state index contributed by atoms with van der Waals surface area (Å²) in [4.78, 5) is 15.3. The number of para-hydroxylation sites is 3. The van der Waals surface area contributed by atoms with Crippen molar-refractivity contribution < 1.29 is 4.42 Å². The molecule has 0 aliphatic carbocycles. The molecule has 0 fully saturated rings. The minimum atomic E-state index is 0.616. The molecule has 0 amide bonds. The lowest BCUT2D eigenvalue weighted by molar-refractivity contribution is 0.670. The molecular formula is C51H32N4O. The average Bonchev–Trinajstić information content (AvgIpc) is 3.83. The molecule has 0 radical (unpaired) electrons. The summed E-state index contributed by atoms with van der Waals surface area (Å²) < 4.78 is 9.01. The van der Waals surface area contributed by atoms with Crippen molar-refractivity contribution in [3.05, 3.63) is 194 Å². The van der Waals surface area contributed by atoms with Crippen molar-refractivity contribution in [2.24, 2.45) is 0 Å². The molecule has 56 heavy (non-hydrogen) atoms. The molecule has 0 aliphatic rings. The number of fused-ring (bicyclic) bond motifs is 6. The minimum Gasteiger partial charge on any atom is -0.455 e. The van der Waals surface area contributed by atoms with Gasteiger partial charge in [0.2, 0.25) is 0 Å². The Hall–Kier alpha value is -7.63. The molecule has 0 spiro atoms. The molecule has 11 aromatic rings. The number of furan rings is 1. The molecule has 0 N–H and O–H groups in total. The Labute approximate surface area is 322 Å². The Morgan fingerprint density at radius 3 is 1.59 bits per heavy atom. The average molecular weight is 717 g/mol. The molecule has 3 aromatic heterocycles. The molecule has 3 heterocycles. The SMILES string of the molecule is c1ccc(-c2ccc(-c3cccc4c3oc3ccc(-n5c6ccccc6c6cccc(-c7nc(-c8ccccc8)nc(-c8ccccc8)n7)c65)cc34)cc2)cc1. The normalized spacial score (nSPS) is 11.6. The van der Waals surface area contributed by atoms with Gasteiger partial charge in [0.1, 0.15) is 11.2 Å². The van der Waals surface area contributed by atoms with E-state index >= 15 is 0 Å². The second-order valence-corrected chi connectivity index (χ2v) is 14.0. The van der Waals surface area contributed by atoms with Crippen LogP contribution in [0.3, 0.4) is 0 Å². The molecule has 0 unspecified atom stereocenters. The highest BCUT2D eigenvalue weighted by Crippen LogP contribution is 2.41. The lowest BCUT2D eigenvalue weighted by atomic mass is 9.99. The van der Waals surface area contributed by atoms with Crippen LogP contribution in [-0.4, -0.2) is 19.5 Å². The Bertz CT molecular complexity index is 3160. The third-order valence-corrected chi connectivity index (χ3v) is 10.7. The maximum atomic E-state index is 6.67. The maximum absolute atomic E-state index is 6.67. The highest BCUT2D eigenvalue weighted by Gasteiger charge is 2.21. The van der Waals surface area contributed by atoms with Crippen LogP contribution in [0.15, 0.2) is 199 Å². The van der Waals surface area contributed by atoms with E-state index in [0.29, 0.717) is 17.5 Å². The zero-order valence-electron chi connectivity index (χ0n) is 30.2. The summed E-state index contributed by atoms with van der Waals surface area (Å²) in [6.07, 6.45) is 0. The van der Waals surface area contributed by atoms with Gasteiger partial charge in [-0.1, -0.05) is 164 Å². The van der Waals surface area contributed by atoms with Crippen LogP contribution in [0.2, 0.25) is 0 Å². The van der Waals surface area contributed by atoms with E-state index in [-0.39, 0.29) is 0 Å². The Morgan fingerprint density at radius 2 is 0.893 bits per heavy atom. The van der Waals surface area contributed by atoms with E-state index in [1.807, 2.05) is 66.7 Å². The van der Waals surface area contributed by atoms with Gasteiger partial charge in [-0.25, -0.2) is 15.0 Å². The van der Waals surface area contributed by atoms with Crippen molar-refractivity contribution in [1.29, 1.82) is 0 Å². The number of hydrogen-bond donors (Lipinski definition) is 0. The van der Waals surface area contributed by atoms with Gasteiger partial charge in [-0.15, -0.1) is 0 Å². The molecule has 262 valence electrons. The molecule has 0 saturated carbocycles. The summed E-state index contributed by atoms with van der Waals surface area (Å²) in [6.45, 7) is 0. The fourth-order valence-electron chi connectivity index (χ4n) is 8.02. The van der Waals surface area contributed by atoms with Crippen LogP contribution >= 0.6 is 0 Å². The van der Waals surface area contributed by atoms with Crippen molar-refractivity contribution in [2.45, 2.75) is 0 Å². The fourth-order valence-corrected chi connectivity index (χ4v) is 8.02. The van der Waals surface area contributed by atoms with E-state index < -0.39 is 0 Å². The van der Waals surface area contributed by atoms with Gasteiger partial charge in [0, 0.05) is 49.5 Å². The van der Waals surface area contributed by atoms with Crippen LogP contribution in [0.4, 0.5) is 0 Å². The summed E-state index contributed by atoms with van der Waals surface area (Å²) in [6, 6.07) is 67.4. The van der Waals surface area contributed by atoms with E-state index in [1.54, 1.807) is 0 Å². The molecule has 0 saturated heterocycles. The third kappa shape index (κ3) is 5.29. The van der Waals surface area contributed by atoms with Crippen LogP contribution in [0.1, 0.15) is 0 Å². The second-order valence-electron chi connectivity index (χ2n) is 14.0. The molecule has 11 rings (SSSR count). The summed E-state index contributed by atoms with van der Waals surface area (Å²) in [5.74, 6) is 1.88. The van der Waals surface area contributed by atoms with Crippen LogP contribution in [0.5, 0.6) is 0 Å². The summed E-state index contributed by atoms with van der Waals surface area (Å²) in [5.41, 5.74) is 12.2. The number of aromatic nitrogens is 4. The molecule has 0 atom stereocenters. The summed E-state index contributed by atoms with van der Waals surface area (Å²) in [7, 11) is 0. The smallest absolute Gasteiger partial charge is 0.166 e. The lowest BCUT2D eigenvalue weighted by Gasteiger charge is -2.13. The van der Waals surface area contributed by atoms with E-state index in [9.17, 15) is 0 Å². The van der Waals surface area contributed by atoms with Crippen LogP contribution < -0.4 is 0 Å². The number of benzene rings is 8. The molecule has 8 aromatic carbocycles. The highest BCUT2D eigenvalue weighted by molar-refractivity contribution is 6.14. The van der Waals surface area contributed by atoms with Gasteiger partial charge in [0.15, 0.2) is 17.5 Å². The van der Waals surface area contributed by atoms with Gasteiger partial charge in [-0.2, -0.15) is 0 Å². The van der Waals surface area contributed by atoms with Crippen molar-refractivity contribution in [2.75, 3.05) is 0 Å². The fraction of sp³-hybridized carbons (Fsp3) is 0.